The summed E-state index contributed by atoms with van der Waals surface area (Å²) in [7, 11) is 1.83. The van der Waals surface area contributed by atoms with E-state index in [9.17, 15) is 5.11 Å². The molecule has 0 unspecified atom stereocenters. The van der Waals surface area contributed by atoms with Gasteiger partial charge in [-0.3, -0.25) is 4.68 Å². The summed E-state index contributed by atoms with van der Waals surface area (Å²) in [5, 5.41) is 15.9. The molecule has 2 aromatic carbocycles. The third-order valence-corrected chi connectivity index (χ3v) is 5.46. The van der Waals surface area contributed by atoms with Crippen molar-refractivity contribution in [3.05, 3.63) is 82.2 Å². The van der Waals surface area contributed by atoms with Gasteiger partial charge in [-0.25, -0.2) is 0 Å². The molecule has 0 atom stereocenters. The molecule has 1 aliphatic rings. The van der Waals surface area contributed by atoms with Crippen LogP contribution in [-0.2, 0) is 13.7 Å². The number of hydrogen-bond donors (Lipinski definition) is 1. The van der Waals surface area contributed by atoms with Crippen LogP contribution in [0.15, 0.2) is 71.6 Å². The van der Waals surface area contributed by atoms with E-state index in [4.69, 9.17) is 21.1 Å². The minimum absolute atomic E-state index is 0.0770. The molecule has 1 aromatic heterocycles. The van der Waals surface area contributed by atoms with Gasteiger partial charge in [0.1, 0.15) is 29.6 Å². The van der Waals surface area contributed by atoms with Crippen LogP contribution in [0, 0.1) is 0 Å². The standard InChI is InChI=1S/C25H25ClN2O3/c1-16-7-8-17(2)23(11-16)31-24-14-28(3)27-25(24)21-10-9-20(13-22(21)29)30-15-18-5-4-6-19(26)12-18/h4-6,9-14,29H,7-8,15H2,1-3H3. The average molecular weight is 437 g/mol. The van der Waals surface area contributed by atoms with Crippen molar-refractivity contribution in [2.75, 3.05) is 0 Å². The minimum atomic E-state index is 0.0770. The Bertz CT molecular complexity index is 1180. The topological polar surface area (TPSA) is 56.5 Å². The lowest BCUT2D eigenvalue weighted by Gasteiger charge is -2.16. The van der Waals surface area contributed by atoms with Crippen LogP contribution in [0.5, 0.6) is 17.2 Å². The summed E-state index contributed by atoms with van der Waals surface area (Å²) in [6.07, 6.45) is 5.92. The van der Waals surface area contributed by atoms with Crippen molar-refractivity contribution in [1.29, 1.82) is 0 Å². The molecule has 3 aromatic rings. The number of allylic oxidation sites excluding steroid dienone is 3. The summed E-state index contributed by atoms with van der Waals surface area (Å²) < 4.78 is 13.7. The predicted octanol–water partition coefficient (Wildman–Crippen LogP) is 6.42. The minimum Gasteiger partial charge on any atom is -0.507 e. The van der Waals surface area contributed by atoms with Crippen LogP contribution in [0.1, 0.15) is 32.3 Å². The number of benzene rings is 2. The van der Waals surface area contributed by atoms with E-state index in [0.717, 1.165) is 24.2 Å². The van der Waals surface area contributed by atoms with Gasteiger partial charge in [-0.2, -0.15) is 5.10 Å². The molecule has 1 aliphatic carbocycles. The lowest BCUT2D eigenvalue weighted by molar-refractivity contribution is 0.304. The first-order chi connectivity index (χ1) is 14.9. The highest BCUT2D eigenvalue weighted by atomic mass is 35.5. The first-order valence-electron chi connectivity index (χ1n) is 10.2. The van der Waals surface area contributed by atoms with Gasteiger partial charge in [-0.15, -0.1) is 0 Å². The zero-order chi connectivity index (χ0) is 22.0. The normalized spacial score (nSPS) is 13.9. The summed E-state index contributed by atoms with van der Waals surface area (Å²) in [6, 6.07) is 12.7. The first-order valence-corrected chi connectivity index (χ1v) is 10.6. The Morgan fingerprint density at radius 3 is 2.74 bits per heavy atom. The zero-order valence-corrected chi connectivity index (χ0v) is 18.6. The van der Waals surface area contributed by atoms with Gasteiger partial charge in [-0.1, -0.05) is 29.3 Å². The molecule has 4 rings (SSSR count). The molecule has 31 heavy (non-hydrogen) atoms. The highest BCUT2D eigenvalue weighted by Gasteiger charge is 2.19. The number of halogens is 1. The Morgan fingerprint density at radius 1 is 1.13 bits per heavy atom. The number of ether oxygens (including phenoxy) is 2. The molecular formula is C25H25ClN2O3. The molecular weight excluding hydrogens is 412 g/mol. The van der Waals surface area contributed by atoms with Crippen molar-refractivity contribution < 1.29 is 14.6 Å². The highest BCUT2D eigenvalue weighted by Crippen LogP contribution is 2.38. The number of aromatic nitrogens is 2. The second-order valence-electron chi connectivity index (χ2n) is 7.85. The van der Waals surface area contributed by atoms with Gasteiger partial charge >= 0.3 is 0 Å². The maximum Gasteiger partial charge on any atom is 0.173 e. The molecule has 0 amide bonds. The Labute approximate surface area is 187 Å². The van der Waals surface area contributed by atoms with Crippen LogP contribution in [-0.4, -0.2) is 14.9 Å². The summed E-state index contributed by atoms with van der Waals surface area (Å²) in [4.78, 5) is 0. The zero-order valence-electron chi connectivity index (χ0n) is 17.9. The number of aryl methyl sites for hydroxylation is 1. The molecule has 6 heteroatoms. The fourth-order valence-electron chi connectivity index (χ4n) is 3.48. The molecule has 0 saturated carbocycles. The van der Waals surface area contributed by atoms with Crippen molar-refractivity contribution in [3.8, 4) is 28.5 Å². The Balaban J connectivity index is 1.56. The number of phenols is 1. The molecule has 1 heterocycles. The summed E-state index contributed by atoms with van der Waals surface area (Å²) in [5.74, 6) is 2.09. The number of aromatic hydroxyl groups is 1. The average Bonchev–Trinajstić information content (AvgIpc) is 3.09. The Morgan fingerprint density at radius 2 is 1.97 bits per heavy atom. The van der Waals surface area contributed by atoms with Crippen LogP contribution in [0.4, 0.5) is 0 Å². The van der Waals surface area contributed by atoms with E-state index in [0.29, 0.717) is 34.4 Å². The van der Waals surface area contributed by atoms with E-state index in [1.165, 1.54) is 11.1 Å². The lowest BCUT2D eigenvalue weighted by Crippen LogP contribution is -2.02. The molecule has 1 N–H and O–H groups in total. The maximum atomic E-state index is 10.7. The van der Waals surface area contributed by atoms with Crippen LogP contribution in [0.3, 0.4) is 0 Å². The van der Waals surface area contributed by atoms with Crippen LogP contribution >= 0.6 is 11.6 Å². The van der Waals surface area contributed by atoms with Crippen molar-refractivity contribution >= 4 is 11.6 Å². The van der Waals surface area contributed by atoms with Gasteiger partial charge in [0.15, 0.2) is 5.75 Å². The summed E-state index contributed by atoms with van der Waals surface area (Å²) in [6.45, 7) is 4.54. The molecule has 0 aliphatic heterocycles. The third-order valence-electron chi connectivity index (χ3n) is 5.23. The Hall–Kier alpha value is -3.18. The number of nitrogens with zero attached hydrogens (tertiary/aromatic N) is 2. The first kappa shape index (κ1) is 21.1. The molecule has 0 fully saturated rings. The number of phenolic OH excluding ortho intramolecular Hbond substituents is 1. The fourth-order valence-corrected chi connectivity index (χ4v) is 3.70. The van der Waals surface area contributed by atoms with Gasteiger partial charge < -0.3 is 14.6 Å². The molecule has 0 spiro atoms. The van der Waals surface area contributed by atoms with E-state index < -0.39 is 0 Å². The monoisotopic (exact) mass is 436 g/mol. The largest absolute Gasteiger partial charge is 0.507 e. The molecule has 0 radical (unpaired) electrons. The third kappa shape index (κ3) is 4.94. The predicted molar refractivity (Wildman–Crippen MR) is 122 cm³/mol. The molecule has 5 nitrogen and oxygen atoms in total. The van der Waals surface area contributed by atoms with Gasteiger partial charge in [-0.05, 0) is 68.2 Å². The van der Waals surface area contributed by atoms with Crippen molar-refractivity contribution in [1.82, 2.24) is 9.78 Å². The maximum absolute atomic E-state index is 10.7. The number of hydrogen-bond acceptors (Lipinski definition) is 4. The SMILES string of the molecule is CC1=CC(Oc2cn(C)nc2-c2ccc(OCc3cccc(Cl)c3)cc2O)=C(C)CC1. The van der Waals surface area contributed by atoms with Crippen LogP contribution in [0.25, 0.3) is 11.3 Å². The Kier molecular flexibility index (Phi) is 6.05. The second kappa shape index (κ2) is 8.90. The van der Waals surface area contributed by atoms with E-state index in [2.05, 4.69) is 25.0 Å². The molecule has 160 valence electrons. The second-order valence-corrected chi connectivity index (χ2v) is 8.29. The highest BCUT2D eigenvalue weighted by molar-refractivity contribution is 6.30. The summed E-state index contributed by atoms with van der Waals surface area (Å²) in [5.41, 5.74) is 4.61. The van der Waals surface area contributed by atoms with Crippen molar-refractivity contribution in [2.24, 2.45) is 7.05 Å². The fraction of sp³-hybridized carbons (Fsp3) is 0.240. The van der Waals surface area contributed by atoms with Crippen LogP contribution in [0.2, 0.25) is 5.02 Å². The van der Waals surface area contributed by atoms with E-state index in [1.54, 1.807) is 16.8 Å². The van der Waals surface area contributed by atoms with Gasteiger partial charge in [0, 0.05) is 23.7 Å². The van der Waals surface area contributed by atoms with Gasteiger partial charge in [0.05, 0.1) is 6.20 Å². The van der Waals surface area contributed by atoms with Crippen molar-refractivity contribution in [2.45, 2.75) is 33.3 Å². The van der Waals surface area contributed by atoms with Gasteiger partial charge in [0.25, 0.3) is 0 Å². The quantitative estimate of drug-likeness (QED) is 0.484. The van der Waals surface area contributed by atoms with Crippen molar-refractivity contribution in [3.63, 3.8) is 0 Å². The summed E-state index contributed by atoms with van der Waals surface area (Å²) >= 11 is 6.02. The lowest BCUT2D eigenvalue weighted by atomic mass is 9.99. The van der Waals surface area contributed by atoms with Crippen LogP contribution < -0.4 is 9.47 Å². The number of rotatable bonds is 6. The molecule has 0 bridgehead atoms. The van der Waals surface area contributed by atoms with E-state index >= 15 is 0 Å². The van der Waals surface area contributed by atoms with Gasteiger partial charge in [0.2, 0.25) is 0 Å². The van der Waals surface area contributed by atoms with E-state index in [1.807, 2.05) is 43.6 Å². The molecule has 0 saturated heterocycles. The smallest absolute Gasteiger partial charge is 0.173 e. The van der Waals surface area contributed by atoms with E-state index in [-0.39, 0.29) is 5.75 Å².